The summed E-state index contributed by atoms with van der Waals surface area (Å²) in [4.78, 5) is 32.7. The van der Waals surface area contributed by atoms with E-state index in [2.05, 4.69) is 9.88 Å². The van der Waals surface area contributed by atoms with Crippen LogP contribution >= 0.6 is 0 Å². The molecule has 4 rings (SSSR count). The van der Waals surface area contributed by atoms with E-state index in [1.807, 2.05) is 30.3 Å². The first-order chi connectivity index (χ1) is 14.8. The van der Waals surface area contributed by atoms with Gasteiger partial charge in [-0.15, -0.1) is 0 Å². The van der Waals surface area contributed by atoms with Crippen LogP contribution in [0.15, 0.2) is 59.7 Å². The van der Waals surface area contributed by atoms with Crippen LogP contribution < -0.4 is 5.56 Å². The average molecular weight is 430 g/mol. The number of fused-ring (bicyclic) bond motifs is 1. The van der Waals surface area contributed by atoms with E-state index in [0.717, 1.165) is 33.2 Å². The van der Waals surface area contributed by atoms with E-state index in [9.17, 15) is 22.8 Å². The Hall–Kier alpha value is -3.20. The fourth-order valence-corrected chi connectivity index (χ4v) is 3.76. The van der Waals surface area contributed by atoms with Gasteiger partial charge in [-0.1, -0.05) is 24.3 Å². The molecule has 162 valence electrons. The molecular formula is C22H21F3N4O2. The van der Waals surface area contributed by atoms with Crippen molar-refractivity contribution in [1.82, 2.24) is 19.4 Å². The van der Waals surface area contributed by atoms with Gasteiger partial charge in [-0.25, -0.2) is 0 Å². The molecule has 1 fully saturated rings. The largest absolute Gasteiger partial charge is 0.417 e. The Morgan fingerprint density at radius 1 is 1.00 bits per heavy atom. The van der Waals surface area contributed by atoms with Gasteiger partial charge < -0.3 is 9.47 Å². The molecule has 3 heterocycles. The summed E-state index contributed by atoms with van der Waals surface area (Å²) in [5.41, 5.74) is 0.470. The maximum absolute atomic E-state index is 12.9. The summed E-state index contributed by atoms with van der Waals surface area (Å²) in [5.74, 6) is -0.368. The van der Waals surface area contributed by atoms with Crippen LogP contribution in [0.2, 0.25) is 0 Å². The monoisotopic (exact) mass is 430 g/mol. The summed E-state index contributed by atoms with van der Waals surface area (Å²) in [7, 11) is 0. The number of rotatable bonds is 4. The molecule has 6 nitrogen and oxygen atoms in total. The Morgan fingerprint density at radius 3 is 2.48 bits per heavy atom. The van der Waals surface area contributed by atoms with E-state index in [0.29, 0.717) is 38.9 Å². The van der Waals surface area contributed by atoms with Crippen molar-refractivity contribution in [2.24, 2.45) is 0 Å². The highest BCUT2D eigenvalue weighted by Gasteiger charge is 2.31. The normalized spacial score (nSPS) is 15.4. The van der Waals surface area contributed by atoms with Crippen LogP contribution in [0.5, 0.6) is 0 Å². The van der Waals surface area contributed by atoms with Gasteiger partial charge in [-0.05, 0) is 17.7 Å². The molecule has 1 aromatic carbocycles. The van der Waals surface area contributed by atoms with Gasteiger partial charge in [0.2, 0.25) is 5.91 Å². The van der Waals surface area contributed by atoms with Crippen molar-refractivity contribution >= 4 is 16.8 Å². The minimum atomic E-state index is -4.57. The third kappa shape index (κ3) is 4.77. The number of hydrogen-bond acceptors (Lipinski definition) is 4. The third-order valence-corrected chi connectivity index (χ3v) is 5.45. The molecule has 1 aliphatic heterocycles. The predicted molar refractivity (Wildman–Crippen MR) is 109 cm³/mol. The predicted octanol–water partition coefficient (Wildman–Crippen LogP) is 2.76. The maximum atomic E-state index is 12.9. The number of nitrogens with zero attached hydrogens (tertiary/aromatic N) is 4. The third-order valence-electron chi connectivity index (χ3n) is 5.45. The molecule has 0 unspecified atom stereocenters. The molecule has 2 aromatic heterocycles. The summed E-state index contributed by atoms with van der Waals surface area (Å²) < 4.78 is 39.5. The number of para-hydroxylation sites is 1. The van der Waals surface area contributed by atoms with Crippen LogP contribution in [0, 0.1) is 0 Å². The quantitative estimate of drug-likeness (QED) is 0.639. The molecule has 0 spiro atoms. The van der Waals surface area contributed by atoms with Gasteiger partial charge in [0.05, 0.1) is 11.1 Å². The van der Waals surface area contributed by atoms with E-state index >= 15 is 0 Å². The summed E-state index contributed by atoms with van der Waals surface area (Å²) in [5, 5.41) is 1.07. The van der Waals surface area contributed by atoms with E-state index < -0.39 is 23.8 Å². The number of halogens is 3. The van der Waals surface area contributed by atoms with Gasteiger partial charge in [-0.3, -0.25) is 19.5 Å². The number of piperazine rings is 1. The van der Waals surface area contributed by atoms with Crippen LogP contribution in [0.3, 0.4) is 0 Å². The van der Waals surface area contributed by atoms with Crippen molar-refractivity contribution < 1.29 is 18.0 Å². The molecule has 0 aliphatic carbocycles. The number of aromatic nitrogens is 2. The number of carbonyl (C=O) groups is 1. The number of pyridine rings is 2. The van der Waals surface area contributed by atoms with Crippen LogP contribution in [-0.2, 0) is 24.1 Å². The SMILES string of the molecule is O=C(Cn1cc(C(F)(F)F)ccc1=O)N1CCN(Cc2cccc3cccnc23)CC1. The molecule has 0 bridgehead atoms. The second-order valence-corrected chi connectivity index (χ2v) is 7.53. The van der Waals surface area contributed by atoms with Crippen molar-refractivity contribution in [3.05, 3.63) is 76.3 Å². The van der Waals surface area contributed by atoms with Crippen molar-refractivity contribution in [3.63, 3.8) is 0 Å². The lowest BCUT2D eigenvalue weighted by atomic mass is 10.1. The second kappa shape index (κ2) is 8.50. The average Bonchev–Trinajstić information content (AvgIpc) is 2.75. The summed E-state index contributed by atoms with van der Waals surface area (Å²) in [6.45, 7) is 2.45. The number of amides is 1. The zero-order valence-electron chi connectivity index (χ0n) is 16.7. The Balaban J connectivity index is 1.38. The molecule has 3 aromatic rings. The van der Waals surface area contributed by atoms with Crippen LogP contribution in [0.1, 0.15) is 11.1 Å². The van der Waals surface area contributed by atoms with Crippen molar-refractivity contribution in [1.29, 1.82) is 0 Å². The molecule has 31 heavy (non-hydrogen) atoms. The summed E-state index contributed by atoms with van der Waals surface area (Å²) >= 11 is 0. The van der Waals surface area contributed by atoms with Crippen molar-refractivity contribution in [3.8, 4) is 0 Å². The van der Waals surface area contributed by atoms with Gasteiger partial charge in [0, 0.05) is 56.6 Å². The fourth-order valence-electron chi connectivity index (χ4n) is 3.76. The molecule has 9 heteroatoms. The first-order valence-electron chi connectivity index (χ1n) is 9.92. The van der Waals surface area contributed by atoms with Gasteiger partial charge in [0.15, 0.2) is 0 Å². The number of alkyl halides is 3. The highest BCUT2D eigenvalue weighted by molar-refractivity contribution is 5.81. The first-order valence-corrected chi connectivity index (χ1v) is 9.92. The van der Waals surface area contributed by atoms with E-state index in [-0.39, 0.29) is 5.91 Å². The van der Waals surface area contributed by atoms with Gasteiger partial charge in [0.1, 0.15) is 6.54 Å². The Labute approximate surface area is 176 Å². The topological polar surface area (TPSA) is 58.4 Å². The van der Waals surface area contributed by atoms with Crippen molar-refractivity contribution in [2.75, 3.05) is 26.2 Å². The molecule has 0 radical (unpaired) electrons. The lowest BCUT2D eigenvalue weighted by Crippen LogP contribution is -2.49. The Bertz CT molecular complexity index is 1150. The molecular weight excluding hydrogens is 409 g/mol. The highest BCUT2D eigenvalue weighted by Crippen LogP contribution is 2.28. The number of carbonyl (C=O) groups excluding carboxylic acids is 1. The number of benzene rings is 1. The zero-order valence-corrected chi connectivity index (χ0v) is 16.7. The lowest BCUT2D eigenvalue weighted by Gasteiger charge is -2.35. The summed E-state index contributed by atoms with van der Waals surface area (Å²) in [6, 6.07) is 11.5. The Morgan fingerprint density at radius 2 is 1.74 bits per heavy atom. The molecule has 0 N–H and O–H groups in total. The Kier molecular flexibility index (Phi) is 5.77. The molecule has 1 saturated heterocycles. The standard InChI is InChI=1S/C22H21F3N4O2/c23-22(24,25)18-6-7-19(30)29(14-18)15-20(31)28-11-9-27(10-12-28)13-17-4-1-3-16-5-2-8-26-21(16)17/h1-8,14H,9-13,15H2. The van der Waals surface area contributed by atoms with Crippen LogP contribution in [-0.4, -0.2) is 51.4 Å². The molecule has 1 aliphatic rings. The van der Waals surface area contributed by atoms with Gasteiger partial charge in [0.25, 0.3) is 5.56 Å². The van der Waals surface area contributed by atoms with E-state index in [4.69, 9.17) is 0 Å². The molecule has 1 amide bonds. The summed E-state index contributed by atoms with van der Waals surface area (Å²) in [6.07, 6.45) is -2.11. The fraction of sp³-hybridized carbons (Fsp3) is 0.318. The minimum Gasteiger partial charge on any atom is -0.339 e. The van der Waals surface area contributed by atoms with Gasteiger partial charge in [-0.2, -0.15) is 13.2 Å². The van der Waals surface area contributed by atoms with Gasteiger partial charge >= 0.3 is 6.18 Å². The maximum Gasteiger partial charge on any atom is 0.417 e. The molecule has 0 saturated carbocycles. The van der Waals surface area contributed by atoms with Crippen molar-refractivity contribution in [2.45, 2.75) is 19.3 Å². The smallest absolute Gasteiger partial charge is 0.339 e. The zero-order chi connectivity index (χ0) is 22.0. The highest BCUT2D eigenvalue weighted by atomic mass is 19.4. The van der Waals surface area contributed by atoms with Crippen LogP contribution in [0.25, 0.3) is 10.9 Å². The van der Waals surface area contributed by atoms with E-state index in [1.165, 1.54) is 0 Å². The van der Waals surface area contributed by atoms with Crippen LogP contribution in [0.4, 0.5) is 13.2 Å². The number of hydrogen-bond donors (Lipinski definition) is 0. The second-order valence-electron chi connectivity index (χ2n) is 7.53. The lowest BCUT2D eigenvalue weighted by molar-refractivity contribution is -0.139. The van der Waals surface area contributed by atoms with E-state index in [1.54, 1.807) is 11.1 Å². The molecule has 0 atom stereocenters. The minimum absolute atomic E-state index is 0.368. The first kappa shape index (κ1) is 21.0.